The quantitative estimate of drug-likeness (QED) is 0.337. The normalized spacial score (nSPS) is 8.88. The van der Waals surface area contributed by atoms with Gasteiger partial charge in [-0.25, -0.2) is 5.87 Å². The van der Waals surface area contributed by atoms with Crippen molar-refractivity contribution in [2.45, 2.75) is 0 Å². The number of nitriles is 1. The predicted octanol–water partition coefficient (Wildman–Crippen LogP) is 1.65. The van der Waals surface area contributed by atoms with Crippen molar-refractivity contribution in [2.24, 2.45) is 0 Å². The van der Waals surface area contributed by atoms with Crippen LogP contribution in [0.25, 0.3) is 11.0 Å². The third-order valence-electron chi connectivity index (χ3n) is 1.88. The van der Waals surface area contributed by atoms with Gasteiger partial charge in [0.2, 0.25) is 0 Å². The predicted molar refractivity (Wildman–Crippen MR) is 57.1 cm³/mol. The largest absolute Gasteiger partial charge is 0.762 e. The molecule has 0 aliphatic carbocycles. The fraction of sp³-hybridized carbons (Fsp3) is 0. The lowest BCUT2D eigenvalue weighted by atomic mass is 10.1. The zero-order valence-corrected chi connectivity index (χ0v) is 8.15. The molecule has 0 radical (unpaired) electrons. The number of rotatable bonds is 3. The second-order valence-corrected chi connectivity index (χ2v) is 2.81. The van der Waals surface area contributed by atoms with Gasteiger partial charge >= 0.3 is 0 Å². The summed E-state index contributed by atoms with van der Waals surface area (Å²) in [6, 6.07) is 4.21. The molecule has 1 rings (SSSR count). The molecular formula is C9H3N4O4-. The summed E-state index contributed by atoms with van der Waals surface area (Å²) in [7, 11) is 0. The zero-order valence-electron chi connectivity index (χ0n) is 8.15. The maximum atomic E-state index is 10.7. The van der Waals surface area contributed by atoms with Crippen LogP contribution in [0.1, 0.15) is 5.56 Å². The van der Waals surface area contributed by atoms with E-state index in [2.05, 4.69) is 0 Å². The van der Waals surface area contributed by atoms with Gasteiger partial charge in [0.15, 0.2) is 0 Å². The number of non-ortho nitro benzene ring substituents is 1. The second-order valence-electron chi connectivity index (χ2n) is 2.81. The lowest BCUT2D eigenvalue weighted by Crippen LogP contribution is -1.97. The van der Waals surface area contributed by atoms with Crippen molar-refractivity contribution in [1.29, 1.82) is 5.26 Å². The van der Waals surface area contributed by atoms with E-state index in [1.54, 1.807) is 0 Å². The van der Waals surface area contributed by atoms with E-state index in [1.807, 2.05) is 0 Å². The summed E-state index contributed by atoms with van der Waals surface area (Å²) in [6.07, 6.45) is 0. The van der Waals surface area contributed by atoms with Crippen LogP contribution in [0.15, 0.2) is 18.2 Å². The molecule has 0 heterocycles. The van der Waals surface area contributed by atoms with Crippen LogP contribution in [0.2, 0.25) is 0 Å². The number of hydrogen-bond donors (Lipinski definition) is 0. The molecule has 0 aliphatic rings. The summed E-state index contributed by atoms with van der Waals surface area (Å²) in [4.78, 5) is 19.5. The summed E-state index contributed by atoms with van der Waals surface area (Å²) >= 11 is 0. The first-order valence-corrected chi connectivity index (χ1v) is 4.11. The van der Waals surface area contributed by atoms with E-state index in [1.165, 1.54) is 11.9 Å². The van der Waals surface area contributed by atoms with Gasteiger partial charge in [-0.3, -0.25) is 20.2 Å². The monoisotopic (exact) mass is 231 g/mol. The van der Waals surface area contributed by atoms with Crippen LogP contribution < -0.4 is 0 Å². The van der Waals surface area contributed by atoms with Crippen molar-refractivity contribution in [1.82, 2.24) is 0 Å². The molecular weight excluding hydrogens is 228 g/mol. The summed E-state index contributed by atoms with van der Waals surface area (Å²) in [5.41, 5.74) is -1.81. The Hall–Kier alpha value is -3.04. The maximum absolute atomic E-state index is 10.7. The average Bonchev–Trinajstić information content (AvgIpc) is 2.30. The zero-order chi connectivity index (χ0) is 13.0. The molecule has 0 atom stereocenters. The molecule has 0 unspecified atom stereocenters. The minimum absolute atomic E-state index is 0.231. The van der Waals surface area contributed by atoms with Crippen LogP contribution in [0.4, 0.5) is 11.4 Å². The van der Waals surface area contributed by atoms with E-state index in [4.69, 9.17) is 10.7 Å². The minimum Gasteiger partial charge on any atom is -0.762 e. The first-order chi connectivity index (χ1) is 8.01. The summed E-state index contributed by atoms with van der Waals surface area (Å²) in [5, 5.41) is 38.3. The highest BCUT2D eigenvalue weighted by atomic mass is 16.6. The summed E-state index contributed by atoms with van der Waals surface area (Å²) in [6.45, 7) is 0. The number of nitrogens with zero attached hydrogens (tertiary/aromatic N) is 4. The summed E-state index contributed by atoms with van der Waals surface area (Å²) < 4.78 is 0. The van der Waals surface area contributed by atoms with Gasteiger partial charge in [-0.1, -0.05) is 0 Å². The Balaban J connectivity index is 3.54. The highest BCUT2D eigenvalue weighted by Gasteiger charge is 2.21. The molecule has 0 spiro atoms. The van der Waals surface area contributed by atoms with Crippen molar-refractivity contribution in [3.63, 3.8) is 0 Å². The molecule has 0 saturated carbocycles. The van der Waals surface area contributed by atoms with Crippen LogP contribution in [-0.2, 0) is 0 Å². The van der Waals surface area contributed by atoms with Crippen LogP contribution in [0.5, 0.6) is 0 Å². The van der Waals surface area contributed by atoms with E-state index in [-0.39, 0.29) is 5.56 Å². The molecule has 8 nitrogen and oxygen atoms in total. The van der Waals surface area contributed by atoms with Gasteiger partial charge in [-0.15, -0.1) is 0 Å². The van der Waals surface area contributed by atoms with E-state index >= 15 is 0 Å². The number of nitro benzene ring substituents is 2. The first kappa shape index (κ1) is 12.0. The highest BCUT2D eigenvalue weighted by molar-refractivity contribution is 6.00. The average molecular weight is 231 g/mol. The first-order valence-electron chi connectivity index (χ1n) is 4.11. The molecule has 0 aliphatic heterocycles. The van der Waals surface area contributed by atoms with Crippen LogP contribution in [-0.4, -0.2) is 15.7 Å². The van der Waals surface area contributed by atoms with Gasteiger partial charge in [0.1, 0.15) is 6.07 Å². The Bertz CT molecular complexity index is 596. The van der Waals surface area contributed by atoms with E-state index < -0.39 is 26.8 Å². The van der Waals surface area contributed by atoms with Gasteiger partial charge < -0.3 is 5.41 Å². The molecule has 0 fully saturated rings. The maximum Gasteiger partial charge on any atom is 0.285 e. The lowest BCUT2D eigenvalue weighted by Gasteiger charge is -2.00. The van der Waals surface area contributed by atoms with Gasteiger partial charge in [-0.05, 0) is 6.07 Å². The molecule has 0 aromatic heterocycles. The van der Waals surface area contributed by atoms with Gasteiger partial charge in [0.05, 0.1) is 27.0 Å². The molecule has 84 valence electrons. The number of benzene rings is 1. The Morgan fingerprint density at radius 3 is 2.35 bits per heavy atom. The molecule has 0 bridgehead atoms. The van der Waals surface area contributed by atoms with Gasteiger partial charge in [-0.2, -0.15) is 5.26 Å². The SMILES string of the molecule is N#CC(=C=[N-])c1ccc([N+](=O)[O-])cc1[N+](=O)[O-]. The second kappa shape index (κ2) is 4.65. The van der Waals surface area contributed by atoms with Crippen molar-refractivity contribution >= 4 is 22.8 Å². The van der Waals surface area contributed by atoms with Crippen molar-refractivity contribution < 1.29 is 9.85 Å². The van der Waals surface area contributed by atoms with E-state index in [9.17, 15) is 20.2 Å². The minimum atomic E-state index is -0.878. The Morgan fingerprint density at radius 1 is 1.29 bits per heavy atom. The fourth-order valence-corrected chi connectivity index (χ4v) is 1.14. The highest BCUT2D eigenvalue weighted by Crippen LogP contribution is 2.28. The molecule has 1 aromatic rings. The van der Waals surface area contributed by atoms with Crippen molar-refractivity contribution in [3.05, 3.63) is 49.4 Å². The Morgan fingerprint density at radius 2 is 1.94 bits per heavy atom. The molecule has 0 amide bonds. The van der Waals surface area contributed by atoms with Crippen LogP contribution in [0, 0.1) is 31.6 Å². The third kappa shape index (κ3) is 2.31. The number of allylic oxidation sites excluding steroid dienone is 1. The molecule has 0 saturated heterocycles. The van der Waals surface area contributed by atoms with Gasteiger partial charge in [0.25, 0.3) is 11.4 Å². The lowest BCUT2D eigenvalue weighted by molar-refractivity contribution is -0.394. The Kier molecular flexibility index (Phi) is 3.29. The molecule has 8 heteroatoms. The van der Waals surface area contributed by atoms with Crippen molar-refractivity contribution in [3.8, 4) is 6.07 Å². The standard InChI is InChI=1S/C9H3N4O4/c10-4-6(5-11)8-2-1-7(12(14)15)3-9(8)13(16)17/h1-3H/q-1. The van der Waals surface area contributed by atoms with Crippen LogP contribution >= 0.6 is 0 Å². The van der Waals surface area contributed by atoms with E-state index in [0.717, 1.165) is 12.1 Å². The Labute approximate surface area is 94.2 Å². The number of hydrogen-bond acceptors (Lipinski definition) is 5. The molecule has 1 aromatic carbocycles. The van der Waals surface area contributed by atoms with Crippen molar-refractivity contribution in [2.75, 3.05) is 0 Å². The smallest absolute Gasteiger partial charge is 0.285 e. The van der Waals surface area contributed by atoms with E-state index in [0.29, 0.717) is 6.07 Å². The van der Waals surface area contributed by atoms with Crippen LogP contribution in [0.3, 0.4) is 0 Å². The summed E-state index contributed by atoms with van der Waals surface area (Å²) in [5.74, 6) is 1.49. The van der Waals surface area contributed by atoms with Gasteiger partial charge in [0, 0.05) is 6.07 Å². The molecule has 0 N–H and O–H groups in total. The topological polar surface area (TPSA) is 132 Å². The fourth-order valence-electron chi connectivity index (χ4n) is 1.14. The molecule has 17 heavy (non-hydrogen) atoms. The third-order valence-corrected chi connectivity index (χ3v) is 1.88. The number of nitro groups is 2.